The molecule has 1 atom stereocenters. The van der Waals surface area contributed by atoms with Gasteiger partial charge in [0.25, 0.3) is 0 Å². The Balaban J connectivity index is 0.00000256. The Hall–Kier alpha value is -1.04. The summed E-state index contributed by atoms with van der Waals surface area (Å²) in [5.41, 5.74) is 5.37. The molecule has 5 nitrogen and oxygen atoms in total. The van der Waals surface area contributed by atoms with Crippen molar-refractivity contribution in [1.82, 2.24) is 10.3 Å². The average molecular weight is 280 g/mol. The van der Waals surface area contributed by atoms with E-state index < -0.39 is 6.04 Å². The first-order valence-electron chi connectivity index (χ1n) is 4.88. The number of hydrogen-bond acceptors (Lipinski definition) is 4. The van der Waals surface area contributed by atoms with E-state index in [1.807, 2.05) is 0 Å². The summed E-state index contributed by atoms with van der Waals surface area (Å²) in [5.74, 6) is 0.148. The van der Waals surface area contributed by atoms with Crippen LogP contribution in [0.1, 0.15) is 6.92 Å². The number of amides is 1. The molecule has 7 heteroatoms. The van der Waals surface area contributed by atoms with Crippen LogP contribution in [0.5, 0.6) is 5.88 Å². The van der Waals surface area contributed by atoms with Crippen molar-refractivity contribution < 1.29 is 9.53 Å². The molecule has 17 heavy (non-hydrogen) atoms. The Morgan fingerprint density at radius 2 is 2.41 bits per heavy atom. The molecule has 0 fully saturated rings. The van der Waals surface area contributed by atoms with E-state index in [1.165, 1.54) is 0 Å². The van der Waals surface area contributed by atoms with Crippen molar-refractivity contribution in [3.8, 4) is 5.88 Å². The number of carbonyl (C=O) groups is 1. The van der Waals surface area contributed by atoms with Gasteiger partial charge in [0.1, 0.15) is 11.6 Å². The number of nitrogens with one attached hydrogen (secondary N) is 1. The molecule has 1 amide bonds. The largest absolute Gasteiger partial charge is 0.475 e. The van der Waals surface area contributed by atoms with Crippen LogP contribution in [0.2, 0.25) is 5.02 Å². The maximum absolute atomic E-state index is 11.1. The van der Waals surface area contributed by atoms with Crippen LogP contribution in [0, 0.1) is 0 Å². The summed E-state index contributed by atoms with van der Waals surface area (Å²) in [7, 11) is 0. The molecule has 0 saturated heterocycles. The van der Waals surface area contributed by atoms with Gasteiger partial charge in [-0.2, -0.15) is 0 Å². The van der Waals surface area contributed by atoms with Crippen molar-refractivity contribution in [3.05, 3.63) is 23.4 Å². The molecule has 0 aliphatic carbocycles. The van der Waals surface area contributed by atoms with Crippen molar-refractivity contribution in [3.63, 3.8) is 0 Å². The zero-order valence-electron chi connectivity index (χ0n) is 9.35. The van der Waals surface area contributed by atoms with Crippen molar-refractivity contribution in [2.24, 2.45) is 5.73 Å². The van der Waals surface area contributed by atoms with Crippen LogP contribution in [0.3, 0.4) is 0 Å². The van der Waals surface area contributed by atoms with E-state index in [9.17, 15) is 4.79 Å². The van der Waals surface area contributed by atoms with Gasteiger partial charge in [0.2, 0.25) is 11.8 Å². The van der Waals surface area contributed by atoms with Crippen molar-refractivity contribution >= 4 is 29.9 Å². The third-order valence-corrected chi connectivity index (χ3v) is 2.07. The number of rotatable bonds is 5. The molecule has 0 aromatic carbocycles. The third-order valence-electron chi connectivity index (χ3n) is 1.78. The van der Waals surface area contributed by atoms with Crippen LogP contribution >= 0.6 is 24.0 Å². The summed E-state index contributed by atoms with van der Waals surface area (Å²) in [6.07, 6.45) is 1.59. The number of hydrogen-bond donors (Lipinski definition) is 2. The van der Waals surface area contributed by atoms with E-state index in [1.54, 1.807) is 25.3 Å². The lowest BCUT2D eigenvalue weighted by molar-refractivity contribution is -0.122. The minimum atomic E-state index is -0.515. The van der Waals surface area contributed by atoms with E-state index in [2.05, 4.69) is 10.3 Å². The third kappa shape index (κ3) is 5.72. The molecule has 0 saturated carbocycles. The molecule has 0 aliphatic heterocycles. The fourth-order valence-corrected chi connectivity index (χ4v) is 1.14. The highest BCUT2D eigenvalue weighted by molar-refractivity contribution is 6.31. The van der Waals surface area contributed by atoms with Crippen molar-refractivity contribution in [1.29, 1.82) is 0 Å². The Morgan fingerprint density at radius 1 is 1.71 bits per heavy atom. The lowest BCUT2D eigenvalue weighted by atomic mass is 10.3. The Kier molecular flexibility index (Phi) is 7.61. The second-order valence-electron chi connectivity index (χ2n) is 3.22. The van der Waals surface area contributed by atoms with Crippen LogP contribution in [0.4, 0.5) is 0 Å². The number of ether oxygens (including phenoxy) is 1. The lowest BCUT2D eigenvalue weighted by Crippen LogP contribution is -2.40. The number of aromatic nitrogens is 1. The highest BCUT2D eigenvalue weighted by Crippen LogP contribution is 2.19. The number of carbonyl (C=O) groups excluding carboxylic acids is 1. The molecule has 96 valence electrons. The molecule has 0 bridgehead atoms. The molecule has 1 unspecified atom stereocenters. The topological polar surface area (TPSA) is 77.2 Å². The van der Waals surface area contributed by atoms with E-state index in [4.69, 9.17) is 22.1 Å². The van der Waals surface area contributed by atoms with Gasteiger partial charge < -0.3 is 15.8 Å². The van der Waals surface area contributed by atoms with Gasteiger partial charge >= 0.3 is 0 Å². The molecule has 1 heterocycles. The van der Waals surface area contributed by atoms with Gasteiger partial charge in [-0.15, -0.1) is 12.4 Å². The smallest absolute Gasteiger partial charge is 0.236 e. The fourth-order valence-electron chi connectivity index (χ4n) is 0.960. The summed E-state index contributed by atoms with van der Waals surface area (Å²) in [5, 5.41) is 3.06. The minimum Gasteiger partial charge on any atom is -0.475 e. The van der Waals surface area contributed by atoms with Crippen LogP contribution in [0.25, 0.3) is 0 Å². The standard InChI is InChI=1S/C10H14ClN3O2.ClH/c1-7(12)9(15)13-5-6-16-10-8(11)3-2-4-14-10;/h2-4,7H,5-6,12H2,1H3,(H,13,15);1H. The molecular formula is C10H15Cl2N3O2. The first-order valence-corrected chi connectivity index (χ1v) is 5.25. The number of nitrogens with two attached hydrogens (primary N) is 1. The predicted octanol–water partition coefficient (Wildman–Crippen LogP) is 0.999. The molecule has 0 radical (unpaired) electrons. The Labute approximate surface area is 111 Å². The minimum absolute atomic E-state index is 0. The SMILES string of the molecule is CC(N)C(=O)NCCOc1ncccc1Cl.Cl. The molecule has 3 N–H and O–H groups in total. The Morgan fingerprint density at radius 3 is 3.00 bits per heavy atom. The van der Waals surface area contributed by atoms with E-state index >= 15 is 0 Å². The summed E-state index contributed by atoms with van der Waals surface area (Å²) in [6, 6.07) is 2.88. The highest BCUT2D eigenvalue weighted by atomic mass is 35.5. The second kappa shape index (κ2) is 8.11. The summed E-state index contributed by atoms with van der Waals surface area (Å²) in [4.78, 5) is 15.0. The number of pyridine rings is 1. The average Bonchev–Trinajstić information content (AvgIpc) is 2.26. The first-order chi connectivity index (χ1) is 7.61. The zero-order chi connectivity index (χ0) is 12.0. The molecule has 0 aliphatic rings. The molecular weight excluding hydrogens is 265 g/mol. The summed E-state index contributed by atoms with van der Waals surface area (Å²) < 4.78 is 5.27. The van der Waals surface area contributed by atoms with Gasteiger partial charge in [0, 0.05) is 6.20 Å². The summed E-state index contributed by atoms with van der Waals surface area (Å²) in [6.45, 7) is 2.29. The molecule has 1 rings (SSSR count). The van der Waals surface area contributed by atoms with Crippen LogP contribution < -0.4 is 15.8 Å². The fraction of sp³-hybridized carbons (Fsp3) is 0.400. The Bertz CT molecular complexity index is 361. The van der Waals surface area contributed by atoms with Crippen LogP contribution in [-0.4, -0.2) is 30.1 Å². The van der Waals surface area contributed by atoms with E-state index in [-0.39, 0.29) is 18.3 Å². The number of halogens is 2. The van der Waals surface area contributed by atoms with Crippen molar-refractivity contribution in [2.45, 2.75) is 13.0 Å². The maximum atomic E-state index is 11.1. The van der Waals surface area contributed by atoms with Crippen molar-refractivity contribution in [2.75, 3.05) is 13.2 Å². The molecule has 0 spiro atoms. The molecule has 1 aromatic rings. The lowest BCUT2D eigenvalue weighted by Gasteiger charge is -2.09. The monoisotopic (exact) mass is 279 g/mol. The van der Waals surface area contributed by atoms with Gasteiger partial charge in [0.15, 0.2) is 0 Å². The van der Waals surface area contributed by atoms with Gasteiger partial charge in [-0.25, -0.2) is 4.98 Å². The second-order valence-corrected chi connectivity index (χ2v) is 3.63. The van der Waals surface area contributed by atoms with Gasteiger partial charge in [-0.3, -0.25) is 4.79 Å². The predicted molar refractivity (Wildman–Crippen MR) is 68.6 cm³/mol. The molecule has 1 aromatic heterocycles. The number of nitrogens with zero attached hydrogens (tertiary/aromatic N) is 1. The maximum Gasteiger partial charge on any atom is 0.236 e. The van der Waals surface area contributed by atoms with Gasteiger partial charge in [-0.1, -0.05) is 11.6 Å². The highest BCUT2D eigenvalue weighted by Gasteiger charge is 2.06. The van der Waals surface area contributed by atoms with Crippen LogP contribution in [0.15, 0.2) is 18.3 Å². The van der Waals surface area contributed by atoms with Crippen LogP contribution in [-0.2, 0) is 4.79 Å². The summed E-state index contributed by atoms with van der Waals surface area (Å²) >= 11 is 5.82. The normalized spacial score (nSPS) is 11.2. The quantitative estimate of drug-likeness (QED) is 0.789. The van der Waals surface area contributed by atoms with Gasteiger partial charge in [0.05, 0.1) is 12.6 Å². The van der Waals surface area contributed by atoms with Gasteiger partial charge in [-0.05, 0) is 19.1 Å². The van der Waals surface area contributed by atoms with E-state index in [0.29, 0.717) is 24.1 Å². The zero-order valence-corrected chi connectivity index (χ0v) is 10.9. The van der Waals surface area contributed by atoms with E-state index in [0.717, 1.165) is 0 Å². The first kappa shape index (κ1) is 16.0.